The quantitative estimate of drug-likeness (QED) is 0.520. The second kappa shape index (κ2) is 9.29. The fraction of sp³-hybridized carbons (Fsp3) is 0.350. The third kappa shape index (κ3) is 4.58. The molecule has 1 heterocycles. The summed E-state index contributed by atoms with van der Waals surface area (Å²) < 4.78 is 10.2. The Morgan fingerprint density at radius 1 is 1.04 bits per heavy atom. The number of thiophene rings is 1. The summed E-state index contributed by atoms with van der Waals surface area (Å²) in [4.78, 5) is 29.3. The zero-order valence-corrected chi connectivity index (χ0v) is 16.3. The summed E-state index contributed by atoms with van der Waals surface area (Å²) in [6.45, 7) is 7.82. The van der Waals surface area contributed by atoms with Gasteiger partial charge >= 0.3 is 11.9 Å². The van der Waals surface area contributed by atoms with Gasteiger partial charge in [0.25, 0.3) is 0 Å². The molecule has 0 unspecified atom stereocenters. The van der Waals surface area contributed by atoms with E-state index in [9.17, 15) is 9.59 Å². The number of benzene rings is 1. The van der Waals surface area contributed by atoms with Crippen LogP contribution in [0.1, 0.15) is 57.5 Å². The molecule has 0 fully saturated rings. The maximum absolute atomic E-state index is 12.3. The highest BCUT2D eigenvalue weighted by atomic mass is 32.1. The molecule has 6 heteroatoms. The first-order valence-electron chi connectivity index (χ1n) is 8.62. The van der Waals surface area contributed by atoms with Gasteiger partial charge in [0.15, 0.2) is 0 Å². The number of hydrogen-bond donors (Lipinski definition) is 0. The third-order valence-electron chi connectivity index (χ3n) is 3.79. The standard InChI is InChI=1S/C20H23NO4S/c1-5-14-8-10-15(11-9-14)12-21-18-16(19(22)24-6-2)13(4)17(26-18)20(23)25-7-3/h8-12H,5-7H2,1-4H3/b21-12+. The molecule has 0 spiro atoms. The number of nitrogens with zero attached hydrogens (tertiary/aromatic N) is 1. The number of aliphatic imine (C=N–C) groups is 1. The molecule has 0 aliphatic carbocycles. The summed E-state index contributed by atoms with van der Waals surface area (Å²) in [7, 11) is 0. The molecule has 0 atom stereocenters. The maximum Gasteiger partial charge on any atom is 0.348 e. The zero-order chi connectivity index (χ0) is 19.1. The van der Waals surface area contributed by atoms with Gasteiger partial charge < -0.3 is 9.47 Å². The maximum atomic E-state index is 12.3. The summed E-state index contributed by atoms with van der Waals surface area (Å²) >= 11 is 1.14. The highest BCUT2D eigenvalue weighted by molar-refractivity contribution is 7.18. The Kier molecular flexibility index (Phi) is 7.09. The molecule has 1 aromatic heterocycles. The second-order valence-corrected chi connectivity index (χ2v) is 6.53. The van der Waals surface area contributed by atoms with Gasteiger partial charge in [-0.05, 0) is 43.9 Å². The van der Waals surface area contributed by atoms with Crippen LogP contribution in [0.25, 0.3) is 0 Å². The third-order valence-corrected chi connectivity index (χ3v) is 4.97. The van der Waals surface area contributed by atoms with Crippen molar-refractivity contribution in [3.63, 3.8) is 0 Å². The van der Waals surface area contributed by atoms with E-state index in [-0.39, 0.29) is 13.2 Å². The van der Waals surface area contributed by atoms with E-state index >= 15 is 0 Å². The molecule has 2 aromatic rings. The van der Waals surface area contributed by atoms with Gasteiger partial charge in [0.2, 0.25) is 0 Å². The normalized spacial score (nSPS) is 10.9. The minimum atomic E-state index is -0.481. The van der Waals surface area contributed by atoms with E-state index < -0.39 is 11.9 Å². The van der Waals surface area contributed by atoms with Crippen molar-refractivity contribution in [2.75, 3.05) is 13.2 Å². The van der Waals surface area contributed by atoms with Crippen molar-refractivity contribution in [2.24, 2.45) is 4.99 Å². The molecule has 0 bridgehead atoms. The van der Waals surface area contributed by atoms with Gasteiger partial charge in [0.1, 0.15) is 15.4 Å². The molecule has 5 nitrogen and oxygen atoms in total. The van der Waals surface area contributed by atoms with Crippen LogP contribution in [0.15, 0.2) is 29.3 Å². The van der Waals surface area contributed by atoms with Crippen molar-refractivity contribution in [3.05, 3.63) is 51.4 Å². The molecule has 0 saturated heterocycles. The van der Waals surface area contributed by atoms with E-state index in [2.05, 4.69) is 11.9 Å². The van der Waals surface area contributed by atoms with Crippen LogP contribution in [-0.4, -0.2) is 31.4 Å². The predicted octanol–water partition coefficient (Wildman–Crippen LogP) is 4.72. The van der Waals surface area contributed by atoms with Crippen LogP contribution in [0.2, 0.25) is 0 Å². The summed E-state index contributed by atoms with van der Waals surface area (Å²) in [6, 6.07) is 8.02. The van der Waals surface area contributed by atoms with E-state index in [4.69, 9.17) is 9.47 Å². The van der Waals surface area contributed by atoms with Crippen molar-refractivity contribution in [1.29, 1.82) is 0 Å². The van der Waals surface area contributed by atoms with Crippen LogP contribution in [0.5, 0.6) is 0 Å². The zero-order valence-electron chi connectivity index (χ0n) is 15.5. The van der Waals surface area contributed by atoms with Crippen LogP contribution < -0.4 is 0 Å². The molecular formula is C20H23NO4S. The number of carbonyl (C=O) groups is 2. The highest BCUT2D eigenvalue weighted by Crippen LogP contribution is 2.36. The van der Waals surface area contributed by atoms with Gasteiger partial charge in [0.05, 0.1) is 13.2 Å². The van der Waals surface area contributed by atoms with Crippen LogP contribution >= 0.6 is 11.3 Å². The molecule has 0 aliphatic heterocycles. The Bertz CT molecular complexity index is 806. The van der Waals surface area contributed by atoms with Gasteiger partial charge in [-0.15, -0.1) is 11.3 Å². The van der Waals surface area contributed by atoms with Crippen LogP contribution in [0.4, 0.5) is 5.00 Å². The number of esters is 2. The first-order chi connectivity index (χ1) is 12.5. The molecule has 1 aromatic carbocycles. The summed E-state index contributed by atoms with van der Waals surface area (Å²) in [6.07, 6.45) is 2.65. The van der Waals surface area contributed by atoms with Gasteiger partial charge in [-0.3, -0.25) is 0 Å². The van der Waals surface area contributed by atoms with Crippen molar-refractivity contribution in [2.45, 2.75) is 34.1 Å². The smallest absolute Gasteiger partial charge is 0.348 e. The lowest BCUT2D eigenvalue weighted by atomic mass is 10.1. The average Bonchev–Trinajstić information content (AvgIpc) is 2.97. The number of hydrogen-bond acceptors (Lipinski definition) is 6. The van der Waals surface area contributed by atoms with Gasteiger partial charge in [-0.2, -0.15) is 0 Å². The average molecular weight is 373 g/mol. The largest absolute Gasteiger partial charge is 0.462 e. The number of aryl methyl sites for hydroxylation is 1. The Balaban J connectivity index is 2.40. The highest BCUT2D eigenvalue weighted by Gasteiger charge is 2.26. The molecule has 26 heavy (non-hydrogen) atoms. The van der Waals surface area contributed by atoms with E-state index in [1.165, 1.54) is 5.56 Å². The van der Waals surface area contributed by atoms with Crippen LogP contribution in [-0.2, 0) is 15.9 Å². The molecule has 0 N–H and O–H groups in total. The predicted molar refractivity (Wildman–Crippen MR) is 104 cm³/mol. The molecule has 0 aliphatic rings. The fourth-order valence-corrected chi connectivity index (χ4v) is 3.43. The summed E-state index contributed by atoms with van der Waals surface area (Å²) in [5, 5.41) is 0.448. The monoisotopic (exact) mass is 373 g/mol. The van der Waals surface area contributed by atoms with Crippen molar-refractivity contribution in [1.82, 2.24) is 0 Å². The topological polar surface area (TPSA) is 65.0 Å². The van der Waals surface area contributed by atoms with E-state index in [1.54, 1.807) is 27.0 Å². The summed E-state index contributed by atoms with van der Waals surface area (Å²) in [5.41, 5.74) is 3.02. The number of carbonyl (C=O) groups excluding carboxylic acids is 2. The van der Waals surface area contributed by atoms with E-state index in [0.29, 0.717) is 21.0 Å². The minimum Gasteiger partial charge on any atom is -0.462 e. The van der Waals surface area contributed by atoms with Gasteiger partial charge in [0, 0.05) is 6.21 Å². The second-order valence-electron chi connectivity index (χ2n) is 5.53. The Labute approximate surface area is 157 Å². The van der Waals surface area contributed by atoms with Crippen molar-refractivity contribution >= 4 is 34.5 Å². The van der Waals surface area contributed by atoms with E-state index in [0.717, 1.165) is 23.3 Å². The Morgan fingerprint density at radius 3 is 2.23 bits per heavy atom. The van der Waals surface area contributed by atoms with Gasteiger partial charge in [-0.25, -0.2) is 14.6 Å². The first kappa shape index (κ1) is 19.8. The van der Waals surface area contributed by atoms with E-state index in [1.807, 2.05) is 24.3 Å². The van der Waals surface area contributed by atoms with Crippen LogP contribution in [0, 0.1) is 6.92 Å². The van der Waals surface area contributed by atoms with Crippen molar-refractivity contribution in [3.8, 4) is 0 Å². The molecule has 138 valence electrons. The van der Waals surface area contributed by atoms with Crippen LogP contribution in [0.3, 0.4) is 0 Å². The molecule has 0 radical (unpaired) electrons. The van der Waals surface area contributed by atoms with Crippen molar-refractivity contribution < 1.29 is 19.1 Å². The lowest BCUT2D eigenvalue weighted by Crippen LogP contribution is -2.08. The fourth-order valence-electron chi connectivity index (χ4n) is 2.40. The Hall–Kier alpha value is -2.47. The minimum absolute atomic E-state index is 0.254. The summed E-state index contributed by atoms with van der Waals surface area (Å²) in [5.74, 6) is -0.931. The molecule has 2 rings (SSSR count). The molecule has 0 saturated carbocycles. The Morgan fingerprint density at radius 2 is 1.65 bits per heavy atom. The first-order valence-corrected chi connectivity index (χ1v) is 9.44. The number of ether oxygens (including phenoxy) is 2. The number of rotatable bonds is 7. The lowest BCUT2D eigenvalue weighted by Gasteiger charge is -2.03. The SMILES string of the molecule is CCOC(=O)c1sc(/N=C/c2ccc(CC)cc2)c(C(=O)OCC)c1C. The lowest BCUT2D eigenvalue weighted by molar-refractivity contribution is 0.0527. The van der Waals surface area contributed by atoms with Gasteiger partial charge in [-0.1, -0.05) is 31.2 Å². The molecule has 0 amide bonds. The molecular weight excluding hydrogens is 350 g/mol.